The van der Waals surface area contributed by atoms with E-state index in [0.29, 0.717) is 11.0 Å². The van der Waals surface area contributed by atoms with E-state index in [4.69, 9.17) is 0 Å². The van der Waals surface area contributed by atoms with E-state index in [1.165, 1.54) is 12.1 Å². The van der Waals surface area contributed by atoms with E-state index < -0.39 is 0 Å². The molecule has 0 spiro atoms. The first kappa shape index (κ1) is 19.0. The summed E-state index contributed by atoms with van der Waals surface area (Å²) in [7, 11) is 1.92. The third-order valence-corrected chi connectivity index (χ3v) is 6.06. The number of anilines is 1. The number of rotatable bonds is 4. The molecule has 0 bridgehead atoms. The molecule has 1 aliphatic rings. The molecule has 146 valence electrons. The van der Waals surface area contributed by atoms with Gasteiger partial charge in [0.05, 0.1) is 11.4 Å². The van der Waals surface area contributed by atoms with Gasteiger partial charge < -0.3 is 4.90 Å². The van der Waals surface area contributed by atoms with Gasteiger partial charge in [0.25, 0.3) is 5.56 Å². The van der Waals surface area contributed by atoms with Crippen LogP contribution in [0.5, 0.6) is 0 Å². The molecule has 0 radical (unpaired) electrons. The fourth-order valence-electron chi connectivity index (χ4n) is 3.67. The number of para-hydroxylation sites is 1. The van der Waals surface area contributed by atoms with Crippen LogP contribution in [0.15, 0.2) is 63.9 Å². The van der Waals surface area contributed by atoms with Crippen molar-refractivity contribution in [3.05, 3.63) is 80.9 Å². The Labute approximate surface area is 171 Å². The lowest BCUT2D eigenvalue weighted by molar-refractivity contribution is 0.242. The van der Waals surface area contributed by atoms with Crippen LogP contribution < -0.4 is 10.5 Å². The van der Waals surface area contributed by atoms with Crippen LogP contribution in [0.1, 0.15) is 5.69 Å². The van der Waals surface area contributed by atoms with Crippen LogP contribution in [0.2, 0.25) is 0 Å². The van der Waals surface area contributed by atoms with Gasteiger partial charge in [0.2, 0.25) is 0 Å². The smallest absolute Gasteiger partial charge is 0.286 e. The molecule has 1 aliphatic heterocycles. The molecular weight excluding hydrogens is 423 g/mol. The Hall–Kier alpha value is -2.38. The second-order valence-electron chi connectivity index (χ2n) is 6.98. The fraction of sp³-hybridized carbons (Fsp3) is 0.286. The highest BCUT2D eigenvalue weighted by Gasteiger charge is 2.22. The molecule has 5 nitrogen and oxygen atoms in total. The Bertz CT molecular complexity index is 1010. The maximum Gasteiger partial charge on any atom is 0.286 e. The quantitative estimate of drug-likeness (QED) is 0.618. The standard InChI is InChI=1S/C21H22BrFN4O/c1-24-19(20(22)21(28)27(24)18-5-3-2-4-6-18)15-25-11-13-26(14-12-25)17-9-7-16(23)8-10-17/h2-10H,11-15H2,1H3. The summed E-state index contributed by atoms with van der Waals surface area (Å²) in [6.45, 7) is 4.21. The summed E-state index contributed by atoms with van der Waals surface area (Å²) in [6.07, 6.45) is 0. The van der Waals surface area contributed by atoms with Gasteiger partial charge in [-0.1, -0.05) is 18.2 Å². The molecule has 1 fully saturated rings. The minimum absolute atomic E-state index is 0.0475. The maximum atomic E-state index is 13.1. The van der Waals surface area contributed by atoms with Crippen molar-refractivity contribution in [2.75, 3.05) is 31.1 Å². The molecule has 2 aromatic carbocycles. The first-order valence-corrected chi connectivity index (χ1v) is 10.1. The van der Waals surface area contributed by atoms with E-state index in [1.54, 1.807) is 4.68 Å². The van der Waals surface area contributed by atoms with Crippen molar-refractivity contribution in [1.82, 2.24) is 14.3 Å². The van der Waals surface area contributed by atoms with E-state index in [-0.39, 0.29) is 11.4 Å². The van der Waals surface area contributed by atoms with Crippen molar-refractivity contribution in [1.29, 1.82) is 0 Å². The number of piperazine rings is 1. The number of nitrogens with zero attached hydrogens (tertiary/aromatic N) is 4. The van der Waals surface area contributed by atoms with Crippen molar-refractivity contribution in [2.45, 2.75) is 6.54 Å². The molecule has 1 aromatic heterocycles. The fourth-order valence-corrected chi connectivity index (χ4v) is 4.22. The average molecular weight is 445 g/mol. The first-order chi connectivity index (χ1) is 13.5. The lowest BCUT2D eigenvalue weighted by Crippen LogP contribution is -2.46. The van der Waals surface area contributed by atoms with Crippen molar-refractivity contribution in [2.24, 2.45) is 7.05 Å². The zero-order valence-electron chi connectivity index (χ0n) is 15.7. The molecule has 1 saturated heterocycles. The van der Waals surface area contributed by atoms with E-state index in [1.807, 2.05) is 54.2 Å². The predicted octanol–water partition coefficient (Wildman–Crippen LogP) is 3.40. The normalized spacial score (nSPS) is 15.2. The third-order valence-electron chi connectivity index (χ3n) is 5.26. The summed E-state index contributed by atoms with van der Waals surface area (Å²) in [6, 6.07) is 16.3. The van der Waals surface area contributed by atoms with E-state index in [0.717, 1.165) is 43.2 Å². The molecule has 0 atom stereocenters. The van der Waals surface area contributed by atoms with Gasteiger partial charge in [0, 0.05) is 45.5 Å². The monoisotopic (exact) mass is 444 g/mol. The van der Waals surface area contributed by atoms with E-state index in [2.05, 4.69) is 25.7 Å². The van der Waals surface area contributed by atoms with Crippen molar-refractivity contribution in [3.8, 4) is 5.69 Å². The number of aromatic nitrogens is 2. The second kappa shape index (κ2) is 7.93. The second-order valence-corrected chi connectivity index (χ2v) is 7.77. The van der Waals surface area contributed by atoms with Crippen LogP contribution in [-0.2, 0) is 13.6 Å². The summed E-state index contributed by atoms with van der Waals surface area (Å²) >= 11 is 3.50. The highest BCUT2D eigenvalue weighted by atomic mass is 79.9. The molecule has 0 aliphatic carbocycles. The largest absolute Gasteiger partial charge is 0.369 e. The first-order valence-electron chi connectivity index (χ1n) is 9.29. The highest BCUT2D eigenvalue weighted by molar-refractivity contribution is 9.10. The lowest BCUT2D eigenvalue weighted by Gasteiger charge is -2.36. The topological polar surface area (TPSA) is 33.4 Å². The summed E-state index contributed by atoms with van der Waals surface area (Å²) < 4.78 is 17.4. The Kier molecular flexibility index (Phi) is 5.37. The van der Waals surface area contributed by atoms with Crippen LogP contribution in [0.3, 0.4) is 0 Å². The minimum Gasteiger partial charge on any atom is -0.369 e. The van der Waals surface area contributed by atoms with Gasteiger partial charge in [-0.05, 0) is 52.3 Å². The Morgan fingerprint density at radius 3 is 2.21 bits per heavy atom. The Morgan fingerprint density at radius 1 is 0.929 bits per heavy atom. The van der Waals surface area contributed by atoms with Gasteiger partial charge in [0.1, 0.15) is 10.3 Å². The zero-order chi connectivity index (χ0) is 19.7. The van der Waals surface area contributed by atoms with Gasteiger partial charge in [-0.15, -0.1) is 0 Å². The lowest BCUT2D eigenvalue weighted by atomic mass is 10.2. The van der Waals surface area contributed by atoms with Crippen LogP contribution in [-0.4, -0.2) is 40.4 Å². The molecule has 0 saturated carbocycles. The number of benzene rings is 2. The molecule has 28 heavy (non-hydrogen) atoms. The Balaban J connectivity index is 1.49. The van der Waals surface area contributed by atoms with Crippen LogP contribution in [0, 0.1) is 5.82 Å². The van der Waals surface area contributed by atoms with Crippen molar-refractivity contribution in [3.63, 3.8) is 0 Å². The summed E-state index contributed by atoms with van der Waals surface area (Å²) in [5, 5.41) is 0. The maximum absolute atomic E-state index is 13.1. The van der Waals surface area contributed by atoms with Crippen LogP contribution in [0.4, 0.5) is 10.1 Å². The molecule has 0 amide bonds. The van der Waals surface area contributed by atoms with Crippen molar-refractivity contribution < 1.29 is 4.39 Å². The average Bonchev–Trinajstić information content (AvgIpc) is 2.93. The summed E-state index contributed by atoms with van der Waals surface area (Å²) in [5.74, 6) is -0.212. The van der Waals surface area contributed by atoms with Gasteiger partial charge >= 0.3 is 0 Å². The Morgan fingerprint density at radius 2 is 1.57 bits per heavy atom. The molecule has 2 heterocycles. The molecular formula is C21H22BrFN4O. The summed E-state index contributed by atoms with van der Waals surface area (Å²) in [4.78, 5) is 17.4. The predicted molar refractivity (Wildman–Crippen MR) is 113 cm³/mol. The molecule has 7 heteroatoms. The molecule has 0 unspecified atom stereocenters. The van der Waals surface area contributed by atoms with Crippen LogP contribution in [0.25, 0.3) is 5.69 Å². The van der Waals surface area contributed by atoms with Crippen LogP contribution >= 0.6 is 15.9 Å². The summed E-state index contributed by atoms with van der Waals surface area (Å²) in [5.41, 5.74) is 2.81. The molecule has 3 aromatic rings. The number of hydrogen-bond donors (Lipinski definition) is 0. The van der Waals surface area contributed by atoms with E-state index in [9.17, 15) is 9.18 Å². The van der Waals surface area contributed by atoms with Crippen molar-refractivity contribution >= 4 is 21.6 Å². The molecule has 0 N–H and O–H groups in total. The zero-order valence-corrected chi connectivity index (χ0v) is 17.3. The highest BCUT2D eigenvalue weighted by Crippen LogP contribution is 2.21. The number of hydrogen-bond acceptors (Lipinski definition) is 3. The number of halogens is 2. The van der Waals surface area contributed by atoms with E-state index >= 15 is 0 Å². The third kappa shape index (κ3) is 3.64. The van der Waals surface area contributed by atoms with Gasteiger partial charge in [-0.2, -0.15) is 0 Å². The minimum atomic E-state index is -0.212. The van der Waals surface area contributed by atoms with Gasteiger partial charge in [-0.25, -0.2) is 9.07 Å². The molecule has 4 rings (SSSR count). The van der Waals surface area contributed by atoms with Gasteiger partial charge in [0.15, 0.2) is 0 Å². The SMILES string of the molecule is Cn1c(CN2CCN(c3ccc(F)cc3)CC2)c(Br)c(=O)n1-c1ccccc1. The van der Waals surface area contributed by atoms with Gasteiger partial charge in [-0.3, -0.25) is 14.4 Å².